The number of ether oxygens (including phenoxy) is 7. The van der Waals surface area contributed by atoms with Crippen molar-refractivity contribution >= 4 is 7.82 Å². The van der Waals surface area contributed by atoms with Gasteiger partial charge in [0.1, 0.15) is 91.6 Å². The first kappa shape index (κ1) is 39.1. The van der Waals surface area contributed by atoms with Gasteiger partial charge in [-0.05, 0) is 0 Å². The zero-order chi connectivity index (χ0) is 35.0. The second kappa shape index (κ2) is 16.1. The van der Waals surface area contributed by atoms with E-state index >= 15 is 0 Å². The number of hydrogen-bond acceptors (Lipinski definition) is 21. The lowest BCUT2D eigenvalue weighted by Crippen LogP contribution is -2.67. The minimum atomic E-state index is -5.19. The maximum atomic E-state index is 11.4. The molecule has 0 aliphatic carbocycles. The van der Waals surface area contributed by atoms with E-state index in [4.69, 9.17) is 33.2 Å². The molecule has 0 amide bonds. The lowest BCUT2D eigenvalue weighted by atomic mass is 9.96. The number of phosphoric ester groups is 1. The SMILES string of the molecule is O=P(O)(O)OC[C@H]1O[C@@H](O[C@H]2[C@H](O)[C@H](O)[C@@H](O)O[C@@H]2CO)[C@H](O)[C@@H](O[C@@H]2O[C@H](CO)[C@H](O)[C@H](O)[C@H]2O[C@@H]2OC[C@@H](O)[C@@H](O)[C@@H]2O)[C@H]1O. The highest BCUT2D eigenvalue weighted by atomic mass is 31.2. The number of rotatable bonds is 11. The number of phosphoric acid groups is 1. The number of hydrogen-bond donors (Lipinski definition) is 14. The largest absolute Gasteiger partial charge is 0.469 e. The van der Waals surface area contributed by atoms with Gasteiger partial charge in [-0.2, -0.15) is 0 Å². The maximum Gasteiger partial charge on any atom is 0.469 e. The van der Waals surface area contributed by atoms with Crippen LogP contribution in [0.5, 0.6) is 0 Å². The molecule has 0 saturated carbocycles. The first-order valence-electron chi connectivity index (χ1n) is 14.3. The maximum absolute atomic E-state index is 11.4. The van der Waals surface area contributed by atoms with Crippen LogP contribution in [-0.2, 0) is 42.2 Å². The van der Waals surface area contributed by atoms with E-state index in [0.717, 1.165) is 0 Å². The van der Waals surface area contributed by atoms with Crippen LogP contribution in [0.4, 0.5) is 0 Å². The Morgan fingerprint density at radius 2 is 1.13 bits per heavy atom. The molecule has 19 atom stereocenters. The van der Waals surface area contributed by atoms with Crippen LogP contribution in [0.1, 0.15) is 0 Å². The summed E-state index contributed by atoms with van der Waals surface area (Å²) in [5.74, 6) is 0. The summed E-state index contributed by atoms with van der Waals surface area (Å²) in [6.45, 7) is -3.45. The van der Waals surface area contributed by atoms with Gasteiger partial charge in [0.05, 0.1) is 26.4 Å². The standard InChI is InChI=1S/C23H41O23P/c24-1-6-10(28)12(30)19(46-21-15(33)9(27)5(26)3-39-21)23(42-6)45-18-11(29)8(4-40-47(36,37)38)43-22(16(18)34)44-17-7(2-25)41-20(35)14(32)13(17)31/h5-35H,1-4H2,(H2,36,37,38)/t5-,6-,7-,8-,9-,10+,11+,12+,13-,14+,15+,16-,17-,18+,19-,20+,21+,22+,23+/m1/s1. The molecule has 0 spiro atoms. The van der Waals surface area contributed by atoms with Crippen LogP contribution in [0.15, 0.2) is 0 Å². The average molecular weight is 717 g/mol. The van der Waals surface area contributed by atoms with Crippen LogP contribution in [-0.4, -0.2) is 214 Å². The van der Waals surface area contributed by atoms with Crippen molar-refractivity contribution in [3.05, 3.63) is 0 Å². The summed E-state index contributed by atoms with van der Waals surface area (Å²) in [5.41, 5.74) is 0. The Kier molecular flexibility index (Phi) is 13.4. The van der Waals surface area contributed by atoms with Gasteiger partial charge in [0.25, 0.3) is 0 Å². The summed E-state index contributed by atoms with van der Waals surface area (Å²) < 4.78 is 53.7. The average Bonchev–Trinajstić information content (AvgIpc) is 3.02. The van der Waals surface area contributed by atoms with Crippen LogP contribution in [0, 0.1) is 0 Å². The van der Waals surface area contributed by atoms with Crippen molar-refractivity contribution in [3.8, 4) is 0 Å². The van der Waals surface area contributed by atoms with Gasteiger partial charge in [0.15, 0.2) is 25.2 Å². The highest BCUT2D eigenvalue weighted by Crippen LogP contribution is 2.38. The molecule has 47 heavy (non-hydrogen) atoms. The molecule has 0 aromatic rings. The third-order valence-corrected chi connectivity index (χ3v) is 8.53. The molecule has 4 saturated heterocycles. The van der Waals surface area contributed by atoms with Crippen molar-refractivity contribution in [3.63, 3.8) is 0 Å². The third-order valence-electron chi connectivity index (χ3n) is 8.04. The molecule has 0 unspecified atom stereocenters. The molecule has 23 nitrogen and oxygen atoms in total. The summed E-state index contributed by atoms with van der Waals surface area (Å²) in [5, 5.41) is 123. The van der Waals surface area contributed by atoms with Crippen LogP contribution in [0.2, 0.25) is 0 Å². The Hall–Kier alpha value is -0.650. The summed E-state index contributed by atoms with van der Waals surface area (Å²) >= 11 is 0. The van der Waals surface area contributed by atoms with Crippen LogP contribution < -0.4 is 0 Å². The van der Waals surface area contributed by atoms with E-state index in [-0.39, 0.29) is 0 Å². The number of aliphatic hydroxyl groups is 12. The van der Waals surface area contributed by atoms with Gasteiger partial charge in [-0.25, -0.2) is 4.57 Å². The van der Waals surface area contributed by atoms with Crippen molar-refractivity contribution in [1.29, 1.82) is 0 Å². The van der Waals surface area contributed by atoms with E-state index in [1.807, 2.05) is 0 Å². The lowest BCUT2D eigenvalue weighted by molar-refractivity contribution is -0.392. The predicted octanol–water partition coefficient (Wildman–Crippen LogP) is -8.99. The summed E-state index contributed by atoms with van der Waals surface area (Å²) in [6.07, 6.45) is -35.7. The molecule has 0 aromatic heterocycles. The Labute approximate surface area is 264 Å². The Balaban J connectivity index is 1.62. The van der Waals surface area contributed by atoms with Gasteiger partial charge in [-0.1, -0.05) is 0 Å². The molecule has 4 aliphatic rings. The topological polar surface area (TPSA) is 374 Å². The fraction of sp³-hybridized carbons (Fsp3) is 1.00. The van der Waals surface area contributed by atoms with Crippen LogP contribution >= 0.6 is 7.82 Å². The van der Waals surface area contributed by atoms with Gasteiger partial charge in [0, 0.05) is 0 Å². The van der Waals surface area contributed by atoms with Gasteiger partial charge < -0.3 is 104 Å². The molecule has 24 heteroatoms. The molecule has 0 aromatic carbocycles. The zero-order valence-electron chi connectivity index (χ0n) is 24.2. The minimum Gasteiger partial charge on any atom is -0.394 e. The molecule has 0 radical (unpaired) electrons. The second-order valence-electron chi connectivity index (χ2n) is 11.3. The fourth-order valence-electron chi connectivity index (χ4n) is 5.39. The van der Waals surface area contributed by atoms with Crippen LogP contribution in [0.25, 0.3) is 0 Å². The molecule has 276 valence electrons. The zero-order valence-corrected chi connectivity index (χ0v) is 25.1. The summed E-state index contributed by atoms with van der Waals surface area (Å²) in [6, 6.07) is 0. The van der Waals surface area contributed by atoms with E-state index in [0.29, 0.717) is 0 Å². The molecule has 4 aliphatic heterocycles. The van der Waals surface area contributed by atoms with E-state index in [9.17, 15) is 75.6 Å². The van der Waals surface area contributed by atoms with E-state index in [2.05, 4.69) is 4.52 Å². The molecular weight excluding hydrogens is 675 g/mol. The molecule has 4 rings (SSSR count). The van der Waals surface area contributed by atoms with Gasteiger partial charge in [0.2, 0.25) is 0 Å². The fourth-order valence-corrected chi connectivity index (χ4v) is 5.73. The minimum absolute atomic E-state index is 0.547. The van der Waals surface area contributed by atoms with E-state index in [1.165, 1.54) is 0 Å². The highest BCUT2D eigenvalue weighted by molar-refractivity contribution is 7.46. The third kappa shape index (κ3) is 8.81. The Morgan fingerprint density at radius 3 is 1.74 bits per heavy atom. The monoisotopic (exact) mass is 716 g/mol. The Morgan fingerprint density at radius 1 is 0.553 bits per heavy atom. The lowest BCUT2D eigenvalue weighted by Gasteiger charge is -2.49. The smallest absolute Gasteiger partial charge is 0.394 e. The molecular formula is C23H41O23P. The highest BCUT2D eigenvalue weighted by Gasteiger charge is 2.55. The first-order valence-corrected chi connectivity index (χ1v) is 15.8. The molecule has 4 heterocycles. The molecule has 14 N–H and O–H groups in total. The van der Waals surface area contributed by atoms with Crippen molar-refractivity contribution in [2.24, 2.45) is 0 Å². The van der Waals surface area contributed by atoms with E-state index in [1.54, 1.807) is 0 Å². The van der Waals surface area contributed by atoms with Crippen molar-refractivity contribution < 1.29 is 113 Å². The second-order valence-corrected chi connectivity index (χ2v) is 12.5. The number of aliphatic hydroxyl groups excluding tert-OH is 12. The Bertz CT molecular complexity index is 1030. The van der Waals surface area contributed by atoms with Crippen molar-refractivity contribution in [2.75, 3.05) is 26.4 Å². The molecule has 4 fully saturated rings. The van der Waals surface area contributed by atoms with Gasteiger partial charge in [-0.15, -0.1) is 0 Å². The van der Waals surface area contributed by atoms with Crippen molar-refractivity contribution in [1.82, 2.24) is 0 Å². The summed E-state index contributed by atoms with van der Waals surface area (Å²) in [7, 11) is -5.19. The normalized spacial score (nSPS) is 50.0. The van der Waals surface area contributed by atoms with E-state index < -0.39 is 151 Å². The summed E-state index contributed by atoms with van der Waals surface area (Å²) in [4.78, 5) is 18.4. The van der Waals surface area contributed by atoms with Crippen molar-refractivity contribution in [2.45, 2.75) is 117 Å². The van der Waals surface area contributed by atoms with Gasteiger partial charge >= 0.3 is 7.82 Å². The predicted molar refractivity (Wildman–Crippen MR) is 139 cm³/mol. The quantitative estimate of drug-likeness (QED) is 0.0882. The van der Waals surface area contributed by atoms with Gasteiger partial charge in [-0.3, -0.25) is 4.52 Å². The molecule has 0 bridgehead atoms. The van der Waals surface area contributed by atoms with Crippen LogP contribution in [0.3, 0.4) is 0 Å². The first-order chi connectivity index (χ1) is 22.0.